The monoisotopic (exact) mass is 520 g/mol. The number of aromatic hydroxyl groups is 1. The number of halogens is 1. The van der Waals surface area contributed by atoms with E-state index in [0.29, 0.717) is 19.3 Å². The highest BCUT2D eigenvalue weighted by atomic mass is 19.1. The Kier molecular flexibility index (Phi) is 4.83. The van der Waals surface area contributed by atoms with Gasteiger partial charge in [-0.05, 0) is 61.4 Å². The number of hydrogen-bond acceptors (Lipinski definition) is 4. The number of likely N-dealkylation sites (tertiary alicyclic amines) is 1. The number of quaternary nitrogens is 1. The van der Waals surface area contributed by atoms with Crippen molar-refractivity contribution in [1.82, 2.24) is 0 Å². The fourth-order valence-corrected chi connectivity index (χ4v) is 10.4. The van der Waals surface area contributed by atoms with E-state index in [1.165, 1.54) is 49.2 Å². The normalized spacial score (nSPS) is 41.6. The number of methoxy groups -OCH3 is 1. The first-order valence-electron chi connectivity index (χ1n) is 14.6. The van der Waals surface area contributed by atoms with Gasteiger partial charge in [0.15, 0.2) is 11.5 Å². The van der Waals surface area contributed by atoms with Crippen molar-refractivity contribution >= 4 is 0 Å². The summed E-state index contributed by atoms with van der Waals surface area (Å²) in [7, 11) is 4.39. The summed E-state index contributed by atoms with van der Waals surface area (Å²) in [5, 5.41) is 11.0. The molecule has 1 saturated heterocycles. The zero-order valence-electron chi connectivity index (χ0n) is 22.5. The van der Waals surface area contributed by atoms with Crippen LogP contribution in [0, 0.1) is 23.1 Å². The van der Waals surface area contributed by atoms with E-state index in [2.05, 4.69) is 13.1 Å². The van der Waals surface area contributed by atoms with Gasteiger partial charge < -0.3 is 23.8 Å². The van der Waals surface area contributed by atoms with Gasteiger partial charge in [0.1, 0.15) is 17.5 Å². The van der Waals surface area contributed by atoms with Crippen LogP contribution >= 0.6 is 0 Å². The van der Waals surface area contributed by atoms with Gasteiger partial charge in [-0.3, -0.25) is 0 Å². The zero-order valence-corrected chi connectivity index (χ0v) is 22.5. The summed E-state index contributed by atoms with van der Waals surface area (Å²) in [4.78, 5) is 0. The third-order valence-corrected chi connectivity index (χ3v) is 12.0. The lowest BCUT2D eigenvalue weighted by Crippen LogP contribution is -2.83. The van der Waals surface area contributed by atoms with Crippen molar-refractivity contribution < 1.29 is 28.2 Å². The molecule has 2 aliphatic heterocycles. The Morgan fingerprint density at radius 2 is 1.92 bits per heavy atom. The second-order valence-electron chi connectivity index (χ2n) is 13.6. The molecule has 2 spiro atoms. The smallest absolute Gasteiger partial charge is 0.165 e. The molecule has 5 fully saturated rings. The van der Waals surface area contributed by atoms with Crippen molar-refractivity contribution in [2.45, 2.75) is 74.7 Å². The molecule has 0 aromatic heterocycles. The molecular formula is C32H39FNO4+. The first kappa shape index (κ1) is 23.7. The van der Waals surface area contributed by atoms with Crippen LogP contribution in [-0.4, -0.2) is 61.2 Å². The highest BCUT2D eigenvalue weighted by Crippen LogP contribution is 2.77. The van der Waals surface area contributed by atoms with Gasteiger partial charge in [-0.15, -0.1) is 0 Å². The minimum atomic E-state index is -0.452. The number of nitrogens with zero attached hydrogens (tertiary/aromatic N) is 1. The number of phenolic OH excluding ortho intramolecular Hbond substituents is 1. The molecule has 2 heterocycles. The van der Waals surface area contributed by atoms with Crippen LogP contribution in [0.2, 0.25) is 0 Å². The van der Waals surface area contributed by atoms with Crippen LogP contribution in [0.15, 0.2) is 36.4 Å². The van der Waals surface area contributed by atoms with E-state index in [9.17, 15) is 9.50 Å². The molecule has 4 bridgehead atoms. The highest BCUT2D eigenvalue weighted by molar-refractivity contribution is 5.62. The van der Waals surface area contributed by atoms with E-state index >= 15 is 0 Å². The number of hydrogen-bond donors (Lipinski definition) is 1. The minimum Gasteiger partial charge on any atom is -0.504 e. The Labute approximate surface area is 224 Å². The van der Waals surface area contributed by atoms with Gasteiger partial charge >= 0.3 is 0 Å². The molecule has 9 rings (SSSR count). The number of rotatable bonds is 7. The van der Waals surface area contributed by atoms with E-state index in [-0.39, 0.29) is 34.4 Å². The zero-order chi connectivity index (χ0) is 25.9. The second-order valence-corrected chi connectivity index (χ2v) is 13.6. The van der Waals surface area contributed by atoms with Crippen LogP contribution in [0.4, 0.5) is 4.39 Å². The molecule has 0 radical (unpaired) electrons. The number of ether oxygens (including phenoxy) is 3. The Hall–Kier alpha value is -2.15. The Morgan fingerprint density at radius 1 is 1.11 bits per heavy atom. The van der Waals surface area contributed by atoms with Gasteiger partial charge in [0.25, 0.3) is 0 Å². The molecule has 4 saturated carbocycles. The van der Waals surface area contributed by atoms with E-state index < -0.39 is 5.60 Å². The summed E-state index contributed by atoms with van der Waals surface area (Å²) in [6.45, 7) is 3.51. The molecule has 2 aromatic rings. The fraction of sp³-hybridized carbons (Fsp3) is 0.625. The SMILES string of the molecule is CO[C@]12CC[C@@]3(C[C@@H]1COCc1ccc(F)cc1)[C@H]1Cc4ccc(O)c5c4[C@@]3(CC[N+]1(C)CC1CC1)[C@H]2O5. The summed E-state index contributed by atoms with van der Waals surface area (Å²) in [5.41, 5.74) is 3.22. The van der Waals surface area contributed by atoms with Crippen LogP contribution in [0.3, 0.4) is 0 Å². The van der Waals surface area contributed by atoms with Gasteiger partial charge in [-0.2, -0.15) is 0 Å². The third-order valence-electron chi connectivity index (χ3n) is 12.0. The van der Waals surface area contributed by atoms with Crippen molar-refractivity contribution in [2.75, 3.05) is 33.9 Å². The molecule has 1 unspecified atom stereocenters. The summed E-state index contributed by atoms with van der Waals surface area (Å²) in [6, 6.07) is 11.2. The molecule has 202 valence electrons. The number of likely N-dealkylation sites (N-methyl/N-ethyl adjacent to an activating group) is 1. The molecule has 38 heavy (non-hydrogen) atoms. The van der Waals surface area contributed by atoms with Crippen molar-refractivity contribution in [3.05, 3.63) is 58.9 Å². The molecule has 2 aromatic carbocycles. The lowest BCUT2D eigenvalue weighted by atomic mass is 9.34. The summed E-state index contributed by atoms with van der Waals surface area (Å²) in [5.74, 6) is 1.85. The van der Waals surface area contributed by atoms with Crippen LogP contribution < -0.4 is 4.74 Å². The van der Waals surface area contributed by atoms with E-state index in [4.69, 9.17) is 14.2 Å². The average Bonchev–Trinajstić information content (AvgIpc) is 3.64. The largest absolute Gasteiger partial charge is 0.504 e. The molecule has 5 nitrogen and oxygen atoms in total. The maximum atomic E-state index is 13.4. The standard InChI is InChI=1S/C32H38FNO4/c1-34(17-20-3-4-20)14-13-31-27-22-7-10-25(35)28(27)38-29(31)32(36-2)12-11-30(31,26(34)15-22)16-23(32)19-37-18-21-5-8-24(33)9-6-21/h5-10,20,23,26,29H,3-4,11-19H2,1-2H3/p+1/t23-,26-,29-,30-,31+,32-,34?/m1/s1. The van der Waals surface area contributed by atoms with Crippen molar-refractivity contribution in [3.8, 4) is 11.5 Å². The predicted molar refractivity (Wildman–Crippen MR) is 141 cm³/mol. The van der Waals surface area contributed by atoms with E-state index in [0.717, 1.165) is 53.8 Å². The van der Waals surface area contributed by atoms with Gasteiger partial charge in [-0.25, -0.2) is 4.39 Å². The second kappa shape index (κ2) is 7.74. The van der Waals surface area contributed by atoms with Crippen molar-refractivity contribution in [1.29, 1.82) is 0 Å². The highest BCUT2D eigenvalue weighted by Gasteiger charge is 2.83. The number of benzene rings is 2. The van der Waals surface area contributed by atoms with Gasteiger partial charge in [-0.1, -0.05) is 18.2 Å². The molecular weight excluding hydrogens is 481 g/mol. The number of phenols is 1. The minimum absolute atomic E-state index is 0.107. The molecule has 5 aliphatic carbocycles. The first-order chi connectivity index (χ1) is 18.4. The summed E-state index contributed by atoms with van der Waals surface area (Å²) >= 11 is 0. The molecule has 0 amide bonds. The average molecular weight is 521 g/mol. The van der Waals surface area contributed by atoms with Gasteiger partial charge in [0.2, 0.25) is 0 Å². The van der Waals surface area contributed by atoms with Gasteiger partial charge in [0, 0.05) is 42.8 Å². The van der Waals surface area contributed by atoms with Crippen LogP contribution in [0.5, 0.6) is 11.5 Å². The summed E-state index contributed by atoms with van der Waals surface area (Å²) < 4.78 is 34.4. The first-order valence-corrected chi connectivity index (χ1v) is 14.6. The lowest BCUT2D eigenvalue weighted by Gasteiger charge is -2.74. The lowest BCUT2D eigenvalue weighted by molar-refractivity contribution is -0.952. The van der Waals surface area contributed by atoms with Crippen LogP contribution in [-0.2, 0) is 27.9 Å². The fourth-order valence-electron chi connectivity index (χ4n) is 10.4. The van der Waals surface area contributed by atoms with E-state index in [1.807, 2.05) is 13.2 Å². The topological polar surface area (TPSA) is 47.9 Å². The Bertz CT molecular complexity index is 1300. The van der Waals surface area contributed by atoms with Crippen LogP contribution in [0.1, 0.15) is 55.2 Å². The van der Waals surface area contributed by atoms with Gasteiger partial charge in [0.05, 0.1) is 44.8 Å². The quantitative estimate of drug-likeness (QED) is 0.515. The predicted octanol–water partition coefficient (Wildman–Crippen LogP) is 5.12. The van der Waals surface area contributed by atoms with Crippen molar-refractivity contribution in [3.63, 3.8) is 0 Å². The maximum Gasteiger partial charge on any atom is 0.165 e. The molecule has 1 N–H and O–H groups in total. The van der Waals surface area contributed by atoms with Crippen LogP contribution in [0.25, 0.3) is 0 Å². The third kappa shape index (κ3) is 2.82. The molecule has 7 atom stereocenters. The Morgan fingerprint density at radius 3 is 2.68 bits per heavy atom. The van der Waals surface area contributed by atoms with Crippen molar-refractivity contribution in [2.24, 2.45) is 17.3 Å². The molecule has 7 aliphatic rings. The molecule has 6 heteroatoms. The maximum absolute atomic E-state index is 13.4. The number of fused-ring (bicyclic) bond motifs is 2. The Balaban J connectivity index is 1.21. The summed E-state index contributed by atoms with van der Waals surface area (Å²) in [6.07, 6.45) is 7.99. The van der Waals surface area contributed by atoms with E-state index in [1.54, 1.807) is 12.1 Å². The number of piperidine rings is 1.